The molecule has 0 spiro atoms. The molecule has 1 saturated heterocycles. The highest BCUT2D eigenvalue weighted by Gasteiger charge is 2.39. The van der Waals surface area contributed by atoms with Gasteiger partial charge >= 0.3 is 0 Å². The van der Waals surface area contributed by atoms with Gasteiger partial charge in [0.15, 0.2) is 9.84 Å². The number of hydrogen-bond acceptors (Lipinski definition) is 3. The minimum Gasteiger partial charge on any atom is -0.357 e. The molecule has 1 aliphatic heterocycles. The summed E-state index contributed by atoms with van der Waals surface area (Å²) in [5.41, 5.74) is 1.99. The number of rotatable bonds is 4. The van der Waals surface area contributed by atoms with Crippen molar-refractivity contribution >= 4 is 15.7 Å². The number of carbonyl (C=O) groups is 1. The van der Waals surface area contributed by atoms with Crippen molar-refractivity contribution in [3.63, 3.8) is 0 Å². The second-order valence-corrected chi connectivity index (χ2v) is 8.16. The molecular formula is C16H17FN2O3S. The molecule has 1 aromatic carbocycles. The Hall–Kier alpha value is -2.15. The normalized spacial score (nSPS) is 15.5. The first-order valence-electron chi connectivity index (χ1n) is 7.36. The molecule has 0 bridgehead atoms. The van der Waals surface area contributed by atoms with Crippen LogP contribution >= 0.6 is 0 Å². The van der Waals surface area contributed by atoms with Crippen molar-refractivity contribution in [1.29, 1.82) is 0 Å². The third-order valence-electron chi connectivity index (χ3n) is 4.14. The summed E-state index contributed by atoms with van der Waals surface area (Å²) < 4.78 is 36.4. The predicted molar refractivity (Wildman–Crippen MR) is 85.3 cm³/mol. The zero-order valence-electron chi connectivity index (χ0n) is 12.6. The van der Waals surface area contributed by atoms with Crippen molar-refractivity contribution in [2.24, 2.45) is 0 Å². The van der Waals surface area contributed by atoms with Crippen LogP contribution in [0.3, 0.4) is 0 Å². The van der Waals surface area contributed by atoms with Crippen LogP contribution in [0.15, 0.2) is 36.5 Å². The van der Waals surface area contributed by atoms with E-state index in [0.29, 0.717) is 5.69 Å². The van der Waals surface area contributed by atoms with Gasteiger partial charge in [0.05, 0.1) is 5.25 Å². The molecule has 0 radical (unpaired) electrons. The molecule has 0 saturated carbocycles. The average molecular weight is 336 g/mol. The summed E-state index contributed by atoms with van der Waals surface area (Å²) in [6.45, 7) is 2.08. The molecule has 5 nitrogen and oxygen atoms in total. The summed E-state index contributed by atoms with van der Waals surface area (Å²) in [4.78, 5) is 16.7. The van der Waals surface area contributed by atoms with Crippen molar-refractivity contribution in [1.82, 2.24) is 9.88 Å². The standard InChI is InChI=1S/C16H17FN2O3S/c1-2-23(21,22)14-9-19(10-14)16(20)15-7-12(8-18-15)11-3-5-13(17)6-4-11/h3-8,14,18H,2,9-10H2,1H3. The first-order chi connectivity index (χ1) is 10.9. The van der Waals surface area contributed by atoms with E-state index in [2.05, 4.69) is 4.98 Å². The lowest BCUT2D eigenvalue weighted by Crippen LogP contribution is -2.57. The van der Waals surface area contributed by atoms with E-state index in [9.17, 15) is 17.6 Å². The molecule has 122 valence electrons. The largest absolute Gasteiger partial charge is 0.357 e. The molecule has 1 aromatic heterocycles. The van der Waals surface area contributed by atoms with E-state index in [1.54, 1.807) is 31.3 Å². The number of H-pyrrole nitrogens is 1. The Bertz CT molecular complexity index is 821. The molecule has 0 aliphatic carbocycles. The second kappa shape index (κ2) is 5.81. The number of aromatic nitrogens is 1. The zero-order chi connectivity index (χ0) is 16.6. The Morgan fingerprint density at radius 3 is 2.52 bits per heavy atom. The van der Waals surface area contributed by atoms with Gasteiger partial charge in [-0.25, -0.2) is 12.8 Å². The Labute approximate surface area is 134 Å². The lowest BCUT2D eigenvalue weighted by Gasteiger charge is -2.38. The highest BCUT2D eigenvalue weighted by Crippen LogP contribution is 2.24. The van der Waals surface area contributed by atoms with Crippen LogP contribution in [0.2, 0.25) is 0 Å². The molecule has 2 aromatic rings. The van der Waals surface area contributed by atoms with Gasteiger partial charge in [0.1, 0.15) is 11.5 Å². The minimum atomic E-state index is -3.09. The van der Waals surface area contributed by atoms with Crippen molar-refractivity contribution in [3.8, 4) is 11.1 Å². The fourth-order valence-corrected chi connectivity index (χ4v) is 3.85. The number of benzene rings is 1. The van der Waals surface area contributed by atoms with Gasteiger partial charge < -0.3 is 9.88 Å². The Balaban J connectivity index is 1.70. The van der Waals surface area contributed by atoms with Crippen LogP contribution in [0.5, 0.6) is 0 Å². The SMILES string of the molecule is CCS(=O)(=O)C1CN(C(=O)c2cc(-c3ccc(F)cc3)c[nH]2)C1. The summed E-state index contributed by atoms with van der Waals surface area (Å²) in [6.07, 6.45) is 1.68. The number of likely N-dealkylation sites (tertiary alicyclic amines) is 1. The number of sulfone groups is 1. The smallest absolute Gasteiger partial charge is 0.270 e. The fraction of sp³-hybridized carbons (Fsp3) is 0.312. The summed E-state index contributed by atoms with van der Waals surface area (Å²) in [6, 6.07) is 7.69. The quantitative estimate of drug-likeness (QED) is 0.929. The van der Waals surface area contributed by atoms with Crippen molar-refractivity contribution in [2.45, 2.75) is 12.2 Å². The molecule has 3 rings (SSSR count). The maximum atomic E-state index is 12.9. The lowest BCUT2D eigenvalue weighted by atomic mass is 10.1. The predicted octanol–water partition coefficient (Wildman–Crippen LogP) is 2.08. The van der Waals surface area contributed by atoms with Crippen molar-refractivity contribution in [2.75, 3.05) is 18.8 Å². The maximum absolute atomic E-state index is 12.9. The van der Waals surface area contributed by atoms with Crippen molar-refractivity contribution in [3.05, 3.63) is 48.0 Å². The number of nitrogens with one attached hydrogen (secondary N) is 1. The molecule has 0 unspecified atom stereocenters. The van der Waals surface area contributed by atoms with Crippen molar-refractivity contribution < 1.29 is 17.6 Å². The van der Waals surface area contributed by atoms with Crippen LogP contribution in [-0.2, 0) is 9.84 Å². The van der Waals surface area contributed by atoms with Gasteiger partial charge in [-0.15, -0.1) is 0 Å². The van der Waals surface area contributed by atoms with Crippen LogP contribution < -0.4 is 0 Å². The molecular weight excluding hydrogens is 319 g/mol. The van der Waals surface area contributed by atoms with E-state index < -0.39 is 15.1 Å². The molecule has 1 amide bonds. The third kappa shape index (κ3) is 3.01. The minimum absolute atomic E-state index is 0.0942. The lowest BCUT2D eigenvalue weighted by molar-refractivity contribution is 0.0653. The number of aromatic amines is 1. The zero-order valence-corrected chi connectivity index (χ0v) is 13.4. The highest BCUT2D eigenvalue weighted by atomic mass is 32.2. The molecule has 1 aliphatic rings. The van der Waals surface area contributed by atoms with Gasteiger partial charge in [0.2, 0.25) is 0 Å². The molecule has 2 heterocycles. The van der Waals surface area contributed by atoms with Gasteiger partial charge in [0.25, 0.3) is 5.91 Å². The highest BCUT2D eigenvalue weighted by molar-refractivity contribution is 7.92. The van der Waals surface area contributed by atoms with E-state index in [0.717, 1.165) is 11.1 Å². The number of nitrogens with zero attached hydrogens (tertiary/aromatic N) is 1. The van der Waals surface area contributed by atoms with Crippen LogP contribution in [-0.4, -0.2) is 48.3 Å². The average Bonchev–Trinajstić information content (AvgIpc) is 2.96. The van der Waals surface area contributed by atoms with Crippen LogP contribution in [0, 0.1) is 5.82 Å². The number of amides is 1. The molecule has 7 heteroatoms. The first kappa shape index (κ1) is 15.7. The van der Waals surface area contributed by atoms with E-state index in [-0.39, 0.29) is 30.6 Å². The summed E-state index contributed by atoms with van der Waals surface area (Å²) >= 11 is 0. The Kier molecular flexibility index (Phi) is 3.97. The van der Waals surface area contributed by atoms with Gasteiger partial charge in [-0.1, -0.05) is 19.1 Å². The number of halogens is 1. The monoisotopic (exact) mass is 336 g/mol. The van der Waals surface area contributed by atoms with Gasteiger partial charge in [0, 0.05) is 25.0 Å². The Morgan fingerprint density at radius 1 is 1.26 bits per heavy atom. The van der Waals surface area contributed by atoms with Crippen LogP contribution in [0.1, 0.15) is 17.4 Å². The van der Waals surface area contributed by atoms with E-state index in [1.807, 2.05) is 0 Å². The topological polar surface area (TPSA) is 70.2 Å². The van der Waals surface area contributed by atoms with Gasteiger partial charge in [-0.05, 0) is 29.3 Å². The van der Waals surface area contributed by atoms with E-state index >= 15 is 0 Å². The fourth-order valence-electron chi connectivity index (χ4n) is 2.56. The third-order valence-corrected chi connectivity index (χ3v) is 6.26. The maximum Gasteiger partial charge on any atom is 0.270 e. The molecule has 0 atom stereocenters. The summed E-state index contributed by atoms with van der Waals surface area (Å²) in [5.74, 6) is -0.443. The molecule has 1 N–H and O–H groups in total. The van der Waals surface area contributed by atoms with E-state index in [1.165, 1.54) is 17.0 Å². The summed E-state index contributed by atoms with van der Waals surface area (Å²) in [7, 11) is -3.09. The van der Waals surface area contributed by atoms with Gasteiger partial charge in [-0.2, -0.15) is 0 Å². The first-order valence-corrected chi connectivity index (χ1v) is 9.07. The number of carbonyl (C=O) groups excluding carboxylic acids is 1. The molecule has 23 heavy (non-hydrogen) atoms. The number of hydrogen-bond donors (Lipinski definition) is 1. The van der Waals surface area contributed by atoms with Crippen LogP contribution in [0.25, 0.3) is 11.1 Å². The van der Waals surface area contributed by atoms with E-state index in [4.69, 9.17) is 0 Å². The molecule has 1 fully saturated rings. The Morgan fingerprint density at radius 2 is 1.91 bits per heavy atom. The van der Waals surface area contributed by atoms with Crippen LogP contribution in [0.4, 0.5) is 4.39 Å². The van der Waals surface area contributed by atoms with Gasteiger partial charge in [-0.3, -0.25) is 4.79 Å². The second-order valence-electron chi connectivity index (χ2n) is 5.59. The summed E-state index contributed by atoms with van der Waals surface area (Å²) in [5, 5.41) is -0.456.